The number of aromatic nitrogens is 2. The van der Waals surface area contributed by atoms with Crippen molar-refractivity contribution in [2.75, 3.05) is 0 Å². The number of halogens is 3. The minimum absolute atomic E-state index is 0.231. The summed E-state index contributed by atoms with van der Waals surface area (Å²) in [5.41, 5.74) is 1.83. The summed E-state index contributed by atoms with van der Waals surface area (Å²) in [7, 11) is 0. The Hall–Kier alpha value is -1.98. The van der Waals surface area contributed by atoms with E-state index in [4.69, 9.17) is 0 Å². The lowest BCUT2D eigenvalue weighted by Crippen LogP contribution is -2.16. The molecule has 3 rings (SSSR count). The molecule has 0 saturated heterocycles. The first-order chi connectivity index (χ1) is 9.01. The van der Waals surface area contributed by atoms with Crippen LogP contribution in [0.15, 0.2) is 30.5 Å². The third-order valence-corrected chi connectivity index (χ3v) is 2.97. The summed E-state index contributed by atoms with van der Waals surface area (Å²) >= 11 is 0. The van der Waals surface area contributed by atoms with Crippen molar-refractivity contribution in [2.45, 2.75) is 25.1 Å². The zero-order valence-electron chi connectivity index (χ0n) is 9.87. The van der Waals surface area contributed by atoms with Crippen LogP contribution in [0.2, 0.25) is 0 Å². The predicted molar refractivity (Wildman–Crippen MR) is 62.7 cm³/mol. The lowest BCUT2D eigenvalue weighted by atomic mass is 10.2. The maximum atomic E-state index is 12.0. The molecule has 3 nitrogen and oxygen atoms in total. The van der Waals surface area contributed by atoms with E-state index >= 15 is 0 Å². The summed E-state index contributed by atoms with van der Waals surface area (Å²) in [6.45, 7) is 0. The lowest BCUT2D eigenvalue weighted by Gasteiger charge is -2.08. The molecular formula is C13H11F3N2O. The highest BCUT2D eigenvalue weighted by Crippen LogP contribution is 2.39. The Morgan fingerprint density at radius 3 is 2.42 bits per heavy atom. The number of nitrogens with one attached hydrogen (secondary N) is 1. The summed E-state index contributed by atoms with van der Waals surface area (Å²) in [5, 5.41) is 0. The van der Waals surface area contributed by atoms with E-state index in [1.54, 1.807) is 18.3 Å². The second-order valence-electron chi connectivity index (χ2n) is 4.53. The van der Waals surface area contributed by atoms with Gasteiger partial charge in [-0.15, -0.1) is 13.2 Å². The zero-order valence-corrected chi connectivity index (χ0v) is 9.87. The minimum atomic E-state index is -4.66. The molecule has 2 aromatic rings. The summed E-state index contributed by atoms with van der Waals surface area (Å²) in [6.07, 6.45) is -0.543. The molecule has 0 spiro atoms. The molecule has 1 fully saturated rings. The molecule has 19 heavy (non-hydrogen) atoms. The van der Waals surface area contributed by atoms with E-state index in [0.29, 0.717) is 11.7 Å². The van der Waals surface area contributed by atoms with E-state index in [1.165, 1.54) is 25.0 Å². The molecule has 0 radical (unpaired) electrons. The Bertz CT molecular complexity index is 570. The third kappa shape index (κ3) is 2.89. The molecule has 0 bridgehead atoms. The summed E-state index contributed by atoms with van der Waals surface area (Å²) in [5.74, 6) is 1.000. The molecule has 1 heterocycles. The van der Waals surface area contributed by atoms with Crippen molar-refractivity contribution >= 4 is 0 Å². The van der Waals surface area contributed by atoms with Crippen molar-refractivity contribution in [3.63, 3.8) is 0 Å². The molecule has 1 saturated carbocycles. The van der Waals surface area contributed by atoms with Crippen LogP contribution in [-0.2, 0) is 0 Å². The van der Waals surface area contributed by atoms with Crippen LogP contribution in [0.1, 0.15) is 24.5 Å². The number of imidazole rings is 1. The van der Waals surface area contributed by atoms with Crippen molar-refractivity contribution in [1.82, 2.24) is 9.97 Å². The summed E-state index contributed by atoms with van der Waals surface area (Å²) in [4.78, 5) is 7.42. The van der Waals surface area contributed by atoms with Crippen LogP contribution in [0.5, 0.6) is 5.75 Å². The summed E-state index contributed by atoms with van der Waals surface area (Å²) in [6, 6.07) is 5.66. The SMILES string of the molecule is FC(F)(F)Oc1ccc(-c2ncc(C3CC3)[nH]2)cc1. The van der Waals surface area contributed by atoms with Crippen molar-refractivity contribution < 1.29 is 17.9 Å². The quantitative estimate of drug-likeness (QED) is 0.918. The van der Waals surface area contributed by atoms with Gasteiger partial charge in [0.15, 0.2) is 0 Å². The predicted octanol–water partition coefficient (Wildman–Crippen LogP) is 3.85. The highest BCUT2D eigenvalue weighted by molar-refractivity contribution is 5.56. The molecular weight excluding hydrogens is 257 g/mol. The Morgan fingerprint density at radius 2 is 1.84 bits per heavy atom. The van der Waals surface area contributed by atoms with E-state index in [-0.39, 0.29) is 5.75 Å². The van der Waals surface area contributed by atoms with E-state index in [0.717, 1.165) is 11.3 Å². The van der Waals surface area contributed by atoms with Crippen molar-refractivity contribution in [3.8, 4) is 17.1 Å². The number of H-pyrrole nitrogens is 1. The standard InChI is InChI=1S/C13H11F3N2O/c14-13(15,16)19-10-5-3-9(4-6-10)12-17-7-11(18-12)8-1-2-8/h3-8H,1-2H2,(H,17,18). The van der Waals surface area contributed by atoms with Gasteiger partial charge >= 0.3 is 6.36 Å². The first kappa shape index (κ1) is 12.1. The number of benzene rings is 1. The Morgan fingerprint density at radius 1 is 1.16 bits per heavy atom. The molecule has 0 amide bonds. The third-order valence-electron chi connectivity index (χ3n) is 2.97. The molecule has 0 atom stereocenters. The van der Waals surface area contributed by atoms with Crippen LogP contribution in [0.3, 0.4) is 0 Å². The van der Waals surface area contributed by atoms with Crippen LogP contribution in [0, 0.1) is 0 Å². The average molecular weight is 268 g/mol. The molecule has 1 N–H and O–H groups in total. The number of nitrogens with zero attached hydrogens (tertiary/aromatic N) is 1. The van der Waals surface area contributed by atoms with Crippen molar-refractivity contribution in [3.05, 3.63) is 36.2 Å². The molecule has 6 heteroatoms. The molecule has 1 aliphatic rings. The summed E-state index contributed by atoms with van der Waals surface area (Å²) < 4.78 is 39.9. The largest absolute Gasteiger partial charge is 0.573 e. The second-order valence-corrected chi connectivity index (χ2v) is 4.53. The Labute approximate surface area is 107 Å². The first-order valence-corrected chi connectivity index (χ1v) is 5.92. The molecule has 0 unspecified atom stereocenters. The van der Waals surface area contributed by atoms with Crippen molar-refractivity contribution in [2.24, 2.45) is 0 Å². The maximum Gasteiger partial charge on any atom is 0.573 e. The van der Waals surface area contributed by atoms with E-state index in [1.807, 2.05) is 0 Å². The molecule has 100 valence electrons. The van der Waals surface area contributed by atoms with Gasteiger partial charge in [-0.2, -0.15) is 0 Å². The molecule has 1 aromatic carbocycles. The van der Waals surface area contributed by atoms with Crippen LogP contribution in [0.4, 0.5) is 13.2 Å². The van der Waals surface area contributed by atoms with E-state index < -0.39 is 6.36 Å². The fourth-order valence-corrected chi connectivity index (χ4v) is 1.90. The van der Waals surface area contributed by atoms with Gasteiger partial charge in [0, 0.05) is 23.4 Å². The Balaban J connectivity index is 1.77. The lowest BCUT2D eigenvalue weighted by molar-refractivity contribution is -0.274. The highest BCUT2D eigenvalue weighted by atomic mass is 19.4. The van der Waals surface area contributed by atoms with Gasteiger partial charge in [0.25, 0.3) is 0 Å². The minimum Gasteiger partial charge on any atom is -0.406 e. The number of hydrogen-bond acceptors (Lipinski definition) is 2. The van der Waals surface area contributed by atoms with Crippen LogP contribution in [0.25, 0.3) is 11.4 Å². The monoisotopic (exact) mass is 268 g/mol. The normalized spacial score (nSPS) is 15.5. The van der Waals surface area contributed by atoms with Crippen LogP contribution in [-0.4, -0.2) is 16.3 Å². The highest BCUT2D eigenvalue weighted by Gasteiger charge is 2.31. The molecule has 1 aromatic heterocycles. The number of aromatic amines is 1. The van der Waals surface area contributed by atoms with Gasteiger partial charge in [-0.1, -0.05) is 0 Å². The van der Waals surface area contributed by atoms with Gasteiger partial charge in [0.05, 0.1) is 0 Å². The maximum absolute atomic E-state index is 12.0. The van der Waals surface area contributed by atoms with Gasteiger partial charge in [0.1, 0.15) is 11.6 Å². The first-order valence-electron chi connectivity index (χ1n) is 5.92. The van der Waals surface area contributed by atoms with Gasteiger partial charge in [0.2, 0.25) is 0 Å². The van der Waals surface area contributed by atoms with E-state index in [9.17, 15) is 13.2 Å². The average Bonchev–Trinajstić information content (AvgIpc) is 3.07. The van der Waals surface area contributed by atoms with Crippen molar-refractivity contribution in [1.29, 1.82) is 0 Å². The van der Waals surface area contributed by atoms with E-state index in [2.05, 4.69) is 14.7 Å². The fraction of sp³-hybridized carbons (Fsp3) is 0.308. The number of ether oxygens (including phenoxy) is 1. The zero-order chi connectivity index (χ0) is 13.5. The molecule has 1 aliphatic carbocycles. The number of alkyl halides is 3. The van der Waals surface area contributed by atoms with Gasteiger partial charge in [-0.3, -0.25) is 0 Å². The topological polar surface area (TPSA) is 37.9 Å². The van der Waals surface area contributed by atoms with Crippen LogP contribution >= 0.6 is 0 Å². The second kappa shape index (κ2) is 4.29. The number of rotatable bonds is 3. The van der Waals surface area contributed by atoms with Gasteiger partial charge in [-0.25, -0.2) is 4.98 Å². The number of hydrogen-bond donors (Lipinski definition) is 1. The fourth-order valence-electron chi connectivity index (χ4n) is 1.90. The Kier molecular flexibility index (Phi) is 2.73. The van der Waals surface area contributed by atoms with Crippen LogP contribution < -0.4 is 4.74 Å². The smallest absolute Gasteiger partial charge is 0.406 e. The van der Waals surface area contributed by atoms with Gasteiger partial charge < -0.3 is 9.72 Å². The molecule has 0 aliphatic heterocycles. The van der Waals surface area contributed by atoms with Gasteiger partial charge in [-0.05, 0) is 37.1 Å².